The molecule has 1 aliphatic rings. The van der Waals surface area contributed by atoms with E-state index in [0.717, 1.165) is 12.8 Å². The molecule has 0 aromatic heterocycles. The number of amides is 1. The second-order valence-corrected chi connectivity index (χ2v) is 6.08. The van der Waals surface area contributed by atoms with Crippen molar-refractivity contribution in [3.63, 3.8) is 0 Å². The average Bonchev–Trinajstić information content (AvgIpc) is 2.86. The van der Waals surface area contributed by atoms with Gasteiger partial charge in [-0.25, -0.2) is 4.39 Å². The van der Waals surface area contributed by atoms with Gasteiger partial charge in [0.1, 0.15) is 11.4 Å². The van der Waals surface area contributed by atoms with Crippen molar-refractivity contribution in [3.05, 3.63) is 35.1 Å². The zero-order valence-corrected chi connectivity index (χ0v) is 12.7. The van der Waals surface area contributed by atoms with Crippen LogP contribution in [0.4, 0.5) is 4.39 Å². The van der Waals surface area contributed by atoms with Gasteiger partial charge in [0, 0.05) is 18.7 Å². The van der Waals surface area contributed by atoms with Gasteiger partial charge in [0.05, 0.1) is 0 Å². The van der Waals surface area contributed by atoms with Gasteiger partial charge in [0.25, 0.3) is 5.91 Å². The predicted molar refractivity (Wildman–Crippen MR) is 79.1 cm³/mol. The first-order valence-electron chi connectivity index (χ1n) is 7.33. The maximum absolute atomic E-state index is 13.9. The van der Waals surface area contributed by atoms with E-state index in [1.165, 1.54) is 6.07 Å². The number of hydrogen-bond acceptors (Lipinski definition) is 3. The molecule has 0 spiro atoms. The molecule has 0 unspecified atom stereocenters. The first-order chi connectivity index (χ1) is 9.90. The van der Waals surface area contributed by atoms with Crippen molar-refractivity contribution in [1.82, 2.24) is 10.2 Å². The standard InChI is InChI=1S/C16H23FN2O2/c1-19(2)11-13-6-5-12(9-14(13)17)10-18-15(20)16(21)7-3-4-8-16/h5-6,9,21H,3-4,7-8,10-11H2,1-2H3,(H,18,20). The fraction of sp³-hybridized carbons (Fsp3) is 0.562. The second kappa shape index (κ2) is 6.54. The van der Waals surface area contributed by atoms with E-state index in [2.05, 4.69) is 5.32 Å². The summed E-state index contributed by atoms with van der Waals surface area (Å²) in [6, 6.07) is 4.99. The molecule has 1 saturated carbocycles. The highest BCUT2D eigenvalue weighted by Crippen LogP contribution is 2.29. The highest BCUT2D eigenvalue weighted by molar-refractivity contribution is 5.85. The Bertz CT molecular complexity index is 511. The summed E-state index contributed by atoms with van der Waals surface area (Å²) in [6.45, 7) is 0.776. The van der Waals surface area contributed by atoms with Gasteiger partial charge in [-0.05, 0) is 51.4 Å². The van der Waals surface area contributed by atoms with Crippen molar-refractivity contribution in [1.29, 1.82) is 0 Å². The summed E-state index contributed by atoms with van der Waals surface area (Å²) in [7, 11) is 3.77. The van der Waals surface area contributed by atoms with Gasteiger partial charge < -0.3 is 15.3 Å². The van der Waals surface area contributed by atoms with Crippen LogP contribution in [0.5, 0.6) is 0 Å². The van der Waals surface area contributed by atoms with Gasteiger partial charge in [-0.2, -0.15) is 0 Å². The molecule has 5 heteroatoms. The first-order valence-corrected chi connectivity index (χ1v) is 7.33. The number of aliphatic hydroxyl groups is 1. The molecule has 2 N–H and O–H groups in total. The van der Waals surface area contributed by atoms with Crippen LogP contribution in [-0.4, -0.2) is 35.6 Å². The minimum atomic E-state index is -1.23. The summed E-state index contributed by atoms with van der Waals surface area (Å²) in [5.41, 5.74) is 0.0955. The lowest BCUT2D eigenvalue weighted by molar-refractivity contribution is -0.139. The highest BCUT2D eigenvalue weighted by atomic mass is 19.1. The fourth-order valence-electron chi connectivity index (χ4n) is 2.70. The van der Waals surface area contributed by atoms with Crippen LogP contribution in [0.2, 0.25) is 0 Å². The molecule has 2 rings (SSSR count). The van der Waals surface area contributed by atoms with E-state index < -0.39 is 5.60 Å². The van der Waals surface area contributed by atoms with E-state index in [9.17, 15) is 14.3 Å². The lowest BCUT2D eigenvalue weighted by Gasteiger charge is -2.21. The Kier molecular flexibility index (Phi) is 4.96. The minimum Gasteiger partial charge on any atom is -0.380 e. The Morgan fingerprint density at radius 1 is 1.38 bits per heavy atom. The number of nitrogens with one attached hydrogen (secondary N) is 1. The number of benzene rings is 1. The number of halogens is 1. The Labute approximate surface area is 125 Å². The Balaban J connectivity index is 1.94. The van der Waals surface area contributed by atoms with Crippen molar-refractivity contribution < 1.29 is 14.3 Å². The van der Waals surface area contributed by atoms with E-state index in [1.807, 2.05) is 19.0 Å². The van der Waals surface area contributed by atoms with Crippen molar-refractivity contribution in [2.45, 2.75) is 44.4 Å². The predicted octanol–water partition coefficient (Wildman–Crippen LogP) is 1.81. The molecule has 1 aromatic rings. The van der Waals surface area contributed by atoms with Crippen molar-refractivity contribution >= 4 is 5.91 Å². The number of nitrogens with zero attached hydrogens (tertiary/aromatic N) is 1. The maximum Gasteiger partial charge on any atom is 0.252 e. The van der Waals surface area contributed by atoms with Crippen LogP contribution in [0, 0.1) is 5.82 Å². The van der Waals surface area contributed by atoms with Gasteiger partial charge in [-0.3, -0.25) is 4.79 Å². The smallest absolute Gasteiger partial charge is 0.252 e. The molecule has 0 saturated heterocycles. The minimum absolute atomic E-state index is 0.236. The van der Waals surface area contributed by atoms with E-state index in [1.54, 1.807) is 12.1 Å². The molecule has 1 aliphatic carbocycles. The lowest BCUT2D eigenvalue weighted by Crippen LogP contribution is -2.44. The van der Waals surface area contributed by atoms with Crippen LogP contribution in [-0.2, 0) is 17.9 Å². The first kappa shape index (κ1) is 15.9. The van der Waals surface area contributed by atoms with E-state index in [4.69, 9.17) is 0 Å². The summed E-state index contributed by atoms with van der Waals surface area (Å²) < 4.78 is 13.9. The largest absolute Gasteiger partial charge is 0.380 e. The van der Waals surface area contributed by atoms with Gasteiger partial charge >= 0.3 is 0 Å². The summed E-state index contributed by atoms with van der Waals surface area (Å²) >= 11 is 0. The number of hydrogen-bond donors (Lipinski definition) is 2. The molecule has 1 fully saturated rings. The van der Waals surface area contributed by atoms with Crippen molar-refractivity contribution in [3.8, 4) is 0 Å². The van der Waals surface area contributed by atoms with E-state index in [-0.39, 0.29) is 18.3 Å². The molecule has 0 heterocycles. The normalized spacial score (nSPS) is 17.2. The zero-order chi connectivity index (χ0) is 15.5. The third-order valence-corrected chi connectivity index (χ3v) is 3.91. The molecule has 0 aliphatic heterocycles. The highest BCUT2D eigenvalue weighted by Gasteiger charge is 2.38. The van der Waals surface area contributed by atoms with E-state index in [0.29, 0.717) is 30.5 Å². The van der Waals surface area contributed by atoms with E-state index >= 15 is 0 Å². The van der Waals surface area contributed by atoms with Crippen LogP contribution in [0.25, 0.3) is 0 Å². The topological polar surface area (TPSA) is 52.6 Å². The number of carbonyl (C=O) groups is 1. The zero-order valence-electron chi connectivity index (χ0n) is 12.7. The fourth-order valence-corrected chi connectivity index (χ4v) is 2.70. The van der Waals surface area contributed by atoms with Gasteiger partial charge in [-0.1, -0.05) is 12.1 Å². The summed E-state index contributed by atoms with van der Waals surface area (Å²) in [5.74, 6) is -0.618. The third kappa shape index (κ3) is 4.02. The molecule has 116 valence electrons. The van der Waals surface area contributed by atoms with Crippen molar-refractivity contribution in [2.24, 2.45) is 0 Å². The maximum atomic E-state index is 13.9. The average molecular weight is 294 g/mol. The van der Waals surface area contributed by atoms with Crippen LogP contribution >= 0.6 is 0 Å². The van der Waals surface area contributed by atoms with Gasteiger partial charge in [0.15, 0.2) is 0 Å². The van der Waals surface area contributed by atoms with Crippen LogP contribution in [0.3, 0.4) is 0 Å². The molecular weight excluding hydrogens is 271 g/mol. The van der Waals surface area contributed by atoms with Crippen molar-refractivity contribution in [2.75, 3.05) is 14.1 Å². The molecule has 21 heavy (non-hydrogen) atoms. The Hall–Kier alpha value is -1.46. The van der Waals surface area contributed by atoms with Gasteiger partial charge in [0.2, 0.25) is 0 Å². The molecular formula is C16H23FN2O2. The molecule has 0 atom stereocenters. The summed E-state index contributed by atoms with van der Waals surface area (Å²) in [6.07, 6.45) is 2.76. The summed E-state index contributed by atoms with van der Waals surface area (Å²) in [4.78, 5) is 13.9. The van der Waals surface area contributed by atoms with Crippen LogP contribution < -0.4 is 5.32 Å². The number of rotatable bonds is 5. The van der Waals surface area contributed by atoms with Gasteiger partial charge in [-0.15, -0.1) is 0 Å². The number of carbonyl (C=O) groups excluding carboxylic acids is 1. The quantitative estimate of drug-likeness (QED) is 0.871. The molecule has 1 amide bonds. The monoisotopic (exact) mass is 294 g/mol. The second-order valence-electron chi connectivity index (χ2n) is 6.08. The molecule has 4 nitrogen and oxygen atoms in total. The Morgan fingerprint density at radius 2 is 2.05 bits per heavy atom. The Morgan fingerprint density at radius 3 is 2.62 bits per heavy atom. The third-order valence-electron chi connectivity index (χ3n) is 3.91. The van der Waals surface area contributed by atoms with Crippen LogP contribution in [0.15, 0.2) is 18.2 Å². The summed E-state index contributed by atoms with van der Waals surface area (Å²) in [5, 5.41) is 12.8. The molecule has 0 radical (unpaired) electrons. The molecule has 0 bridgehead atoms. The molecule has 1 aromatic carbocycles. The SMILES string of the molecule is CN(C)Cc1ccc(CNC(=O)C2(O)CCCC2)cc1F. The van der Waals surface area contributed by atoms with Crippen LogP contribution in [0.1, 0.15) is 36.8 Å². The lowest BCUT2D eigenvalue weighted by atomic mass is 10.0.